The minimum Gasteiger partial charge on any atom is -0.286 e. The summed E-state index contributed by atoms with van der Waals surface area (Å²) in [6.07, 6.45) is 1.66. The van der Waals surface area contributed by atoms with Gasteiger partial charge in [-0.25, -0.2) is 10.0 Å². The van der Waals surface area contributed by atoms with Crippen LogP contribution in [0, 0.1) is 6.92 Å². The second-order valence-corrected chi connectivity index (χ2v) is 3.51. The van der Waals surface area contributed by atoms with E-state index in [1.54, 1.807) is 6.20 Å². The maximum atomic E-state index is 9.85. The minimum absolute atomic E-state index is 0.122. The van der Waals surface area contributed by atoms with E-state index in [-0.39, 0.29) is 6.04 Å². The molecule has 1 heterocycles. The van der Waals surface area contributed by atoms with Gasteiger partial charge in [0.1, 0.15) is 0 Å². The average Bonchev–Trinajstić information content (AvgIpc) is 2.16. The summed E-state index contributed by atoms with van der Waals surface area (Å²) < 4.78 is 0. The van der Waals surface area contributed by atoms with E-state index in [0.717, 1.165) is 16.2 Å². The molecule has 1 N–H and O–H groups in total. The van der Waals surface area contributed by atoms with Gasteiger partial charge in [-0.15, -0.1) is 0 Å². The van der Waals surface area contributed by atoms with Crippen LogP contribution in [0.25, 0.3) is 0 Å². The lowest BCUT2D eigenvalue weighted by Gasteiger charge is -2.24. The fraction of sp³-hybridized carbons (Fsp3) is 0.364. The van der Waals surface area contributed by atoms with Crippen molar-refractivity contribution in [1.82, 2.24) is 4.98 Å². The van der Waals surface area contributed by atoms with Gasteiger partial charge in [0.15, 0.2) is 5.82 Å². The smallest absolute Gasteiger partial charge is 0.155 e. The number of hydroxylamine groups is 1. The number of nitrogens with zero attached hydrogens (tertiary/aromatic N) is 2. The first-order chi connectivity index (χ1) is 6.54. The van der Waals surface area contributed by atoms with Crippen LogP contribution >= 0.6 is 0 Å². The topological polar surface area (TPSA) is 36.4 Å². The number of hydrogen-bond donors (Lipinski definition) is 1. The van der Waals surface area contributed by atoms with Crippen molar-refractivity contribution in [1.29, 1.82) is 0 Å². The first kappa shape index (κ1) is 10.7. The largest absolute Gasteiger partial charge is 0.286 e. The van der Waals surface area contributed by atoms with E-state index in [4.69, 9.17) is 0 Å². The van der Waals surface area contributed by atoms with Gasteiger partial charge in [-0.05, 0) is 32.4 Å². The Morgan fingerprint density at radius 2 is 2.29 bits per heavy atom. The molecule has 0 saturated carbocycles. The zero-order valence-corrected chi connectivity index (χ0v) is 8.86. The molecule has 14 heavy (non-hydrogen) atoms. The van der Waals surface area contributed by atoms with Crippen molar-refractivity contribution in [3.63, 3.8) is 0 Å². The van der Waals surface area contributed by atoms with Crippen LogP contribution in [0.3, 0.4) is 0 Å². The Bertz CT molecular complexity index is 336. The first-order valence-corrected chi connectivity index (χ1v) is 4.59. The minimum atomic E-state index is -0.122. The van der Waals surface area contributed by atoms with Crippen molar-refractivity contribution in [2.45, 2.75) is 26.8 Å². The third kappa shape index (κ3) is 2.12. The molecule has 0 aliphatic heterocycles. The van der Waals surface area contributed by atoms with E-state index in [1.165, 1.54) is 0 Å². The summed E-state index contributed by atoms with van der Waals surface area (Å²) in [5, 5.41) is 11.0. The molecule has 1 rings (SSSR count). The maximum Gasteiger partial charge on any atom is 0.155 e. The lowest BCUT2D eigenvalue weighted by Crippen LogP contribution is -2.31. The highest BCUT2D eigenvalue weighted by Gasteiger charge is 2.15. The highest BCUT2D eigenvalue weighted by atomic mass is 16.5. The van der Waals surface area contributed by atoms with Crippen LogP contribution in [-0.4, -0.2) is 16.2 Å². The van der Waals surface area contributed by atoms with Gasteiger partial charge in [0.05, 0.1) is 6.04 Å². The molecule has 0 aromatic carbocycles. The summed E-state index contributed by atoms with van der Waals surface area (Å²) in [5.41, 5.74) is 1.85. The molecule has 76 valence electrons. The molecule has 3 nitrogen and oxygen atoms in total. The van der Waals surface area contributed by atoms with Gasteiger partial charge in [-0.1, -0.05) is 18.2 Å². The summed E-state index contributed by atoms with van der Waals surface area (Å²) in [6, 6.07) is 3.64. The van der Waals surface area contributed by atoms with Crippen molar-refractivity contribution in [3.05, 3.63) is 36.0 Å². The molecule has 0 radical (unpaired) electrons. The fourth-order valence-electron chi connectivity index (χ4n) is 1.11. The molecule has 0 fully saturated rings. The first-order valence-electron chi connectivity index (χ1n) is 4.59. The second kappa shape index (κ2) is 4.24. The molecule has 0 aliphatic carbocycles. The van der Waals surface area contributed by atoms with Crippen molar-refractivity contribution >= 4 is 5.82 Å². The quantitative estimate of drug-likeness (QED) is 0.590. The fourth-order valence-corrected chi connectivity index (χ4v) is 1.11. The Morgan fingerprint density at radius 3 is 2.79 bits per heavy atom. The van der Waals surface area contributed by atoms with Crippen LogP contribution in [0.4, 0.5) is 5.82 Å². The molecule has 1 aromatic rings. The summed E-state index contributed by atoms with van der Waals surface area (Å²) >= 11 is 0. The third-order valence-corrected chi connectivity index (χ3v) is 2.28. The molecule has 1 atom stereocenters. The normalized spacial score (nSPS) is 12.3. The SMILES string of the molecule is C=C(C)C(C)N(O)c1ncccc1C. The van der Waals surface area contributed by atoms with Crippen LogP contribution in [-0.2, 0) is 0 Å². The van der Waals surface area contributed by atoms with Gasteiger partial charge < -0.3 is 0 Å². The van der Waals surface area contributed by atoms with E-state index < -0.39 is 0 Å². The summed E-state index contributed by atoms with van der Waals surface area (Å²) in [5.74, 6) is 0.586. The van der Waals surface area contributed by atoms with E-state index >= 15 is 0 Å². The van der Waals surface area contributed by atoms with Crippen molar-refractivity contribution in [2.24, 2.45) is 0 Å². The summed E-state index contributed by atoms with van der Waals surface area (Å²) in [4.78, 5) is 4.12. The predicted octanol–water partition coefficient (Wildman–Crippen LogP) is 2.55. The van der Waals surface area contributed by atoms with Gasteiger partial charge in [0.25, 0.3) is 0 Å². The molecular formula is C11H16N2O. The molecule has 3 heteroatoms. The van der Waals surface area contributed by atoms with Crippen LogP contribution in [0.2, 0.25) is 0 Å². The zero-order chi connectivity index (χ0) is 10.7. The molecule has 0 bridgehead atoms. The van der Waals surface area contributed by atoms with Gasteiger partial charge >= 0.3 is 0 Å². The van der Waals surface area contributed by atoms with Gasteiger partial charge in [0.2, 0.25) is 0 Å². The summed E-state index contributed by atoms with van der Waals surface area (Å²) in [7, 11) is 0. The van der Waals surface area contributed by atoms with Gasteiger partial charge in [-0.2, -0.15) is 0 Å². The Morgan fingerprint density at radius 1 is 1.64 bits per heavy atom. The van der Waals surface area contributed by atoms with Crippen molar-refractivity contribution in [3.8, 4) is 0 Å². The second-order valence-electron chi connectivity index (χ2n) is 3.51. The zero-order valence-electron chi connectivity index (χ0n) is 8.86. The van der Waals surface area contributed by atoms with E-state index in [2.05, 4.69) is 11.6 Å². The van der Waals surface area contributed by atoms with Gasteiger partial charge in [-0.3, -0.25) is 5.21 Å². The van der Waals surface area contributed by atoms with Crippen LogP contribution < -0.4 is 5.06 Å². The van der Waals surface area contributed by atoms with Crippen molar-refractivity contribution < 1.29 is 5.21 Å². The monoisotopic (exact) mass is 192 g/mol. The highest BCUT2D eigenvalue weighted by molar-refractivity contribution is 5.45. The predicted molar refractivity (Wildman–Crippen MR) is 57.5 cm³/mol. The van der Waals surface area contributed by atoms with Crippen LogP contribution in [0.15, 0.2) is 30.5 Å². The maximum absolute atomic E-state index is 9.85. The van der Waals surface area contributed by atoms with E-state index in [9.17, 15) is 5.21 Å². The highest BCUT2D eigenvalue weighted by Crippen LogP contribution is 2.18. The lowest BCUT2D eigenvalue weighted by molar-refractivity contribution is 0.231. The Labute approximate surface area is 84.7 Å². The molecule has 0 spiro atoms. The standard InChI is InChI=1S/C11H16N2O/c1-8(2)10(4)13(14)11-9(3)6-5-7-12-11/h5-7,10,14H,1H2,2-4H3. The van der Waals surface area contributed by atoms with Crippen molar-refractivity contribution in [2.75, 3.05) is 5.06 Å². The Balaban J connectivity index is 2.94. The molecular weight excluding hydrogens is 176 g/mol. The number of rotatable bonds is 3. The molecule has 0 saturated heterocycles. The number of anilines is 1. The third-order valence-electron chi connectivity index (χ3n) is 2.28. The molecule has 0 amide bonds. The summed E-state index contributed by atoms with van der Waals surface area (Å²) in [6.45, 7) is 9.48. The van der Waals surface area contributed by atoms with E-state index in [1.807, 2.05) is 32.9 Å². The lowest BCUT2D eigenvalue weighted by atomic mass is 10.1. The van der Waals surface area contributed by atoms with Gasteiger partial charge in [0, 0.05) is 6.20 Å². The molecule has 0 aliphatic rings. The number of aryl methyl sites for hydroxylation is 1. The molecule has 1 unspecified atom stereocenters. The number of aromatic nitrogens is 1. The van der Waals surface area contributed by atoms with Crippen LogP contribution in [0.5, 0.6) is 0 Å². The average molecular weight is 192 g/mol. The van der Waals surface area contributed by atoms with E-state index in [0.29, 0.717) is 5.82 Å². The Hall–Kier alpha value is -1.35. The number of pyridine rings is 1. The number of hydrogen-bond acceptors (Lipinski definition) is 3. The molecule has 1 aromatic heterocycles. The van der Waals surface area contributed by atoms with Crippen LogP contribution in [0.1, 0.15) is 19.4 Å². The Kier molecular flexibility index (Phi) is 3.25.